The van der Waals surface area contributed by atoms with Crippen LogP contribution in [0.25, 0.3) is 0 Å². The van der Waals surface area contributed by atoms with Crippen molar-refractivity contribution in [2.24, 2.45) is 5.73 Å². The maximum Gasteiger partial charge on any atom is 0.272 e. The van der Waals surface area contributed by atoms with E-state index in [9.17, 15) is 13.2 Å². The van der Waals surface area contributed by atoms with Gasteiger partial charge >= 0.3 is 0 Å². The molecule has 3 aromatic rings. The Kier molecular flexibility index (Phi) is 9.90. The molecule has 3 atom stereocenters. The average Bonchev–Trinajstić information content (AvgIpc) is 2.99. The normalized spacial score (nSPS) is 20.5. The number of anilines is 2. The number of piperidine rings is 1. The molecule has 4 N–H and O–H groups in total. The van der Waals surface area contributed by atoms with Crippen LogP contribution in [0.15, 0.2) is 72.8 Å². The number of benzene rings is 3. The maximum absolute atomic E-state index is 14.0. The van der Waals surface area contributed by atoms with Gasteiger partial charge in [0.05, 0.1) is 17.1 Å². The second kappa shape index (κ2) is 13.8. The standard InChI is InChI=1S/C34H43N5O4S/c1-24-11-9-12-25(2)38(24)19-7-4-8-20-39-30-22-29(37-44(41,42)23-26-13-5-3-6-14-26)17-18-31(30)43-32(34(39)40)27-15-10-16-28(21-27)33(35)36/h3,5-6,10,13-18,21-22,24-25,32,37H,4,7-9,11-12,19-20,23H2,1-2H3,(H3,35,36)/t24-,25+,32?. The average molecular weight is 618 g/mol. The first-order valence-electron chi connectivity index (χ1n) is 15.5. The van der Waals surface area contributed by atoms with Crippen molar-refractivity contribution in [3.8, 4) is 5.75 Å². The van der Waals surface area contributed by atoms with Crippen LogP contribution in [0.5, 0.6) is 5.75 Å². The van der Waals surface area contributed by atoms with Crippen molar-refractivity contribution in [1.29, 1.82) is 5.41 Å². The monoisotopic (exact) mass is 617 g/mol. The Morgan fingerprint density at radius 1 is 0.955 bits per heavy atom. The summed E-state index contributed by atoms with van der Waals surface area (Å²) < 4.78 is 34.8. The maximum atomic E-state index is 14.0. The van der Waals surface area contributed by atoms with Gasteiger partial charge in [0.1, 0.15) is 11.6 Å². The van der Waals surface area contributed by atoms with Crippen molar-refractivity contribution in [1.82, 2.24) is 4.90 Å². The van der Waals surface area contributed by atoms with Crippen molar-refractivity contribution in [3.05, 3.63) is 89.5 Å². The minimum absolute atomic E-state index is 0.0860. The van der Waals surface area contributed by atoms with Crippen LogP contribution < -0.4 is 20.1 Å². The summed E-state index contributed by atoms with van der Waals surface area (Å²) in [6.07, 6.45) is 5.68. The molecule has 1 saturated heterocycles. The molecule has 1 unspecified atom stereocenters. The molecule has 2 heterocycles. The van der Waals surface area contributed by atoms with E-state index in [4.69, 9.17) is 15.9 Å². The Labute approximate surface area is 261 Å². The molecule has 0 radical (unpaired) electrons. The molecular formula is C34H43N5O4S. The van der Waals surface area contributed by atoms with Crippen molar-refractivity contribution in [2.45, 2.75) is 76.3 Å². The van der Waals surface area contributed by atoms with Gasteiger partial charge in [-0.25, -0.2) is 8.42 Å². The molecular weight excluding hydrogens is 574 g/mol. The molecule has 0 bridgehead atoms. The first-order chi connectivity index (χ1) is 21.1. The number of amidine groups is 1. The van der Waals surface area contributed by atoms with E-state index in [1.165, 1.54) is 19.3 Å². The fourth-order valence-corrected chi connectivity index (χ4v) is 7.50. The number of nitrogen functional groups attached to an aromatic ring is 1. The number of unbranched alkanes of at least 4 members (excludes halogenated alkanes) is 2. The Hall–Kier alpha value is -3.89. The first-order valence-corrected chi connectivity index (χ1v) is 17.1. The van der Waals surface area contributed by atoms with Crippen LogP contribution >= 0.6 is 0 Å². The SMILES string of the molecule is C[C@@H]1CCC[C@H](C)N1CCCCCN1C(=O)C(c2cccc(C(=N)N)c2)Oc2ccc(NS(=O)(=O)Cc3ccccc3)cc21. The Morgan fingerprint density at radius 2 is 1.68 bits per heavy atom. The summed E-state index contributed by atoms with van der Waals surface area (Å²) in [5.74, 6) is 0.00934. The van der Waals surface area contributed by atoms with Crippen LogP contribution in [-0.4, -0.2) is 50.2 Å². The van der Waals surface area contributed by atoms with Gasteiger partial charge in [-0.1, -0.05) is 61.4 Å². The van der Waals surface area contributed by atoms with Crippen molar-refractivity contribution < 1.29 is 17.9 Å². The Morgan fingerprint density at radius 3 is 2.41 bits per heavy atom. The lowest BCUT2D eigenvalue weighted by atomic mass is 9.97. The highest BCUT2D eigenvalue weighted by molar-refractivity contribution is 7.91. The van der Waals surface area contributed by atoms with Gasteiger partial charge in [-0.15, -0.1) is 0 Å². The number of fused-ring (bicyclic) bond motifs is 1. The predicted molar refractivity (Wildman–Crippen MR) is 176 cm³/mol. The lowest BCUT2D eigenvalue weighted by Crippen LogP contribution is -2.44. The first kappa shape index (κ1) is 31.5. The van der Waals surface area contributed by atoms with E-state index in [-0.39, 0.29) is 17.5 Å². The summed E-state index contributed by atoms with van der Waals surface area (Å²) in [4.78, 5) is 18.3. The van der Waals surface area contributed by atoms with E-state index in [1.807, 2.05) is 6.07 Å². The second-order valence-corrected chi connectivity index (χ2v) is 13.7. The summed E-state index contributed by atoms with van der Waals surface area (Å²) in [5.41, 5.74) is 8.43. The van der Waals surface area contributed by atoms with Crippen LogP contribution in [0.1, 0.15) is 75.2 Å². The minimum Gasteiger partial charge on any atom is -0.474 e. The van der Waals surface area contributed by atoms with Crippen LogP contribution in [0.2, 0.25) is 0 Å². The molecule has 1 fully saturated rings. The number of carbonyl (C=O) groups is 1. The van der Waals surface area contributed by atoms with Crippen molar-refractivity contribution >= 4 is 33.1 Å². The number of hydrogen-bond donors (Lipinski definition) is 3. The zero-order chi connectivity index (χ0) is 31.3. The molecule has 0 spiro atoms. The lowest BCUT2D eigenvalue weighted by molar-refractivity contribution is -0.126. The summed E-state index contributed by atoms with van der Waals surface area (Å²) in [5, 5.41) is 7.83. The number of sulfonamides is 1. The molecule has 44 heavy (non-hydrogen) atoms. The highest BCUT2D eigenvalue weighted by Crippen LogP contribution is 2.41. The molecule has 0 saturated carbocycles. The summed E-state index contributed by atoms with van der Waals surface area (Å²) in [6, 6.07) is 22.2. The van der Waals surface area contributed by atoms with Gasteiger partial charge in [-0.3, -0.25) is 19.8 Å². The molecule has 1 amide bonds. The van der Waals surface area contributed by atoms with Gasteiger partial charge in [-0.05, 0) is 75.9 Å². The predicted octanol–water partition coefficient (Wildman–Crippen LogP) is 5.81. The third kappa shape index (κ3) is 7.60. The van der Waals surface area contributed by atoms with E-state index >= 15 is 0 Å². The van der Waals surface area contributed by atoms with Gasteiger partial charge in [0, 0.05) is 29.8 Å². The zero-order valence-corrected chi connectivity index (χ0v) is 26.4. The van der Waals surface area contributed by atoms with E-state index < -0.39 is 16.1 Å². The number of rotatable bonds is 12. The van der Waals surface area contributed by atoms with Crippen LogP contribution in [0.4, 0.5) is 11.4 Å². The number of carbonyl (C=O) groups excluding carboxylic acids is 1. The number of nitrogens with one attached hydrogen (secondary N) is 2. The number of ether oxygens (including phenoxy) is 1. The third-order valence-corrected chi connectivity index (χ3v) is 9.89. The highest BCUT2D eigenvalue weighted by Gasteiger charge is 2.36. The van der Waals surface area contributed by atoms with Crippen LogP contribution in [-0.2, 0) is 20.6 Å². The van der Waals surface area contributed by atoms with Gasteiger partial charge < -0.3 is 15.4 Å². The fraction of sp³-hybridized carbons (Fsp3) is 0.412. The van der Waals surface area contributed by atoms with E-state index in [0.717, 1.165) is 25.8 Å². The van der Waals surface area contributed by atoms with Gasteiger partial charge in [0.25, 0.3) is 5.91 Å². The van der Waals surface area contributed by atoms with Crippen molar-refractivity contribution in [2.75, 3.05) is 22.7 Å². The fourth-order valence-electron chi connectivity index (χ4n) is 6.31. The number of nitrogens with two attached hydrogens (primary N) is 1. The second-order valence-electron chi connectivity index (χ2n) is 12.0. The molecule has 2 aliphatic rings. The van der Waals surface area contributed by atoms with Crippen LogP contribution in [0.3, 0.4) is 0 Å². The Bertz CT molecular complexity index is 1570. The van der Waals surface area contributed by atoms with E-state index in [2.05, 4.69) is 23.5 Å². The van der Waals surface area contributed by atoms with E-state index in [1.54, 1.807) is 71.6 Å². The van der Waals surface area contributed by atoms with Gasteiger partial charge in [0.15, 0.2) is 0 Å². The molecule has 9 nitrogen and oxygen atoms in total. The van der Waals surface area contributed by atoms with Crippen LogP contribution in [0, 0.1) is 5.41 Å². The molecule has 5 rings (SSSR count). The molecule has 2 aliphatic heterocycles. The third-order valence-electron chi connectivity index (χ3n) is 8.63. The van der Waals surface area contributed by atoms with Gasteiger partial charge in [0.2, 0.25) is 16.1 Å². The molecule has 3 aromatic carbocycles. The number of likely N-dealkylation sites (tertiary alicyclic amines) is 1. The minimum atomic E-state index is -3.69. The summed E-state index contributed by atoms with van der Waals surface area (Å²) in [7, 11) is -3.69. The quantitative estimate of drug-likeness (QED) is 0.134. The number of amides is 1. The Balaban J connectivity index is 1.34. The van der Waals surface area contributed by atoms with Crippen molar-refractivity contribution in [3.63, 3.8) is 0 Å². The lowest BCUT2D eigenvalue weighted by Gasteiger charge is -2.39. The zero-order valence-electron chi connectivity index (χ0n) is 25.5. The van der Waals surface area contributed by atoms with Gasteiger partial charge in [-0.2, -0.15) is 0 Å². The highest BCUT2D eigenvalue weighted by atomic mass is 32.2. The topological polar surface area (TPSA) is 129 Å². The molecule has 234 valence electrons. The molecule has 10 heteroatoms. The largest absolute Gasteiger partial charge is 0.474 e. The number of nitrogens with zero attached hydrogens (tertiary/aromatic N) is 2. The molecule has 0 aromatic heterocycles. The summed E-state index contributed by atoms with van der Waals surface area (Å²) in [6.45, 7) is 6.14. The molecule has 0 aliphatic carbocycles. The number of hydrogen-bond acceptors (Lipinski definition) is 6. The van der Waals surface area contributed by atoms with E-state index in [0.29, 0.717) is 52.4 Å². The smallest absolute Gasteiger partial charge is 0.272 e. The summed E-state index contributed by atoms with van der Waals surface area (Å²) >= 11 is 0.